The summed E-state index contributed by atoms with van der Waals surface area (Å²) in [7, 11) is 1.65. The van der Waals surface area contributed by atoms with Gasteiger partial charge in [-0.3, -0.25) is 4.79 Å². The van der Waals surface area contributed by atoms with Crippen LogP contribution in [0.2, 0.25) is 0 Å². The van der Waals surface area contributed by atoms with E-state index < -0.39 is 0 Å². The van der Waals surface area contributed by atoms with Crippen LogP contribution in [0.15, 0.2) is 53.1 Å². The highest BCUT2D eigenvalue weighted by atomic mass is 16.5. The summed E-state index contributed by atoms with van der Waals surface area (Å²) in [5.74, 6) is 1.66. The predicted octanol–water partition coefficient (Wildman–Crippen LogP) is 3.53. The van der Waals surface area contributed by atoms with E-state index in [1.165, 1.54) is 0 Å². The molecule has 0 aliphatic rings. The fraction of sp³-hybridized carbons (Fsp3) is 0.318. The molecular weight excluding hydrogens is 370 g/mol. The van der Waals surface area contributed by atoms with E-state index in [0.29, 0.717) is 37.9 Å². The fourth-order valence-electron chi connectivity index (χ4n) is 2.87. The van der Waals surface area contributed by atoms with Crippen molar-refractivity contribution in [1.82, 2.24) is 15.5 Å². The number of benzene rings is 2. The highest BCUT2D eigenvalue weighted by Gasteiger charge is 2.11. The number of rotatable bonds is 10. The Bertz CT molecular complexity index is 922. The van der Waals surface area contributed by atoms with Crippen molar-refractivity contribution in [2.45, 2.75) is 32.9 Å². The largest absolute Gasteiger partial charge is 0.494 e. The Morgan fingerprint density at radius 2 is 1.86 bits per heavy atom. The highest BCUT2D eigenvalue weighted by Crippen LogP contribution is 2.20. The number of hydrogen-bond acceptors (Lipinski definition) is 6. The molecule has 0 spiro atoms. The van der Waals surface area contributed by atoms with Crippen molar-refractivity contribution in [1.29, 1.82) is 0 Å². The lowest BCUT2D eigenvalue weighted by Crippen LogP contribution is -2.23. The van der Waals surface area contributed by atoms with E-state index in [2.05, 4.69) is 15.5 Å². The molecule has 7 nitrogen and oxygen atoms in total. The Morgan fingerprint density at radius 3 is 2.59 bits per heavy atom. The second-order valence-corrected chi connectivity index (χ2v) is 6.45. The van der Waals surface area contributed by atoms with Crippen LogP contribution < -0.4 is 10.1 Å². The lowest BCUT2D eigenvalue weighted by Gasteiger charge is -2.09. The first-order chi connectivity index (χ1) is 14.2. The van der Waals surface area contributed by atoms with Crippen molar-refractivity contribution in [3.63, 3.8) is 0 Å². The molecular formula is C22H25N3O4. The molecule has 3 aromatic rings. The molecule has 29 heavy (non-hydrogen) atoms. The van der Waals surface area contributed by atoms with Gasteiger partial charge in [0.2, 0.25) is 17.6 Å². The van der Waals surface area contributed by atoms with Gasteiger partial charge in [-0.15, -0.1) is 0 Å². The van der Waals surface area contributed by atoms with Crippen LogP contribution in [0.25, 0.3) is 11.4 Å². The van der Waals surface area contributed by atoms with Crippen LogP contribution in [0.3, 0.4) is 0 Å². The van der Waals surface area contributed by atoms with E-state index in [1.807, 2.05) is 55.5 Å². The molecule has 1 heterocycles. The number of nitrogens with zero attached hydrogens (tertiary/aromatic N) is 2. The smallest absolute Gasteiger partial charge is 0.227 e. The lowest BCUT2D eigenvalue weighted by atomic mass is 10.1. The highest BCUT2D eigenvalue weighted by molar-refractivity contribution is 5.76. The molecule has 0 saturated heterocycles. The summed E-state index contributed by atoms with van der Waals surface area (Å²) < 4.78 is 15.9. The van der Waals surface area contributed by atoms with Crippen LogP contribution >= 0.6 is 0 Å². The third-order valence-electron chi connectivity index (χ3n) is 4.35. The molecule has 0 aliphatic carbocycles. The summed E-state index contributed by atoms with van der Waals surface area (Å²) in [5.41, 5.74) is 2.94. The van der Waals surface area contributed by atoms with Crippen molar-refractivity contribution < 1.29 is 18.8 Å². The summed E-state index contributed by atoms with van der Waals surface area (Å²) >= 11 is 0. The van der Waals surface area contributed by atoms with Gasteiger partial charge >= 0.3 is 0 Å². The molecule has 0 saturated carbocycles. The maximum Gasteiger partial charge on any atom is 0.227 e. The van der Waals surface area contributed by atoms with Gasteiger partial charge in [0.1, 0.15) is 5.75 Å². The number of aryl methyl sites for hydroxylation is 1. The van der Waals surface area contributed by atoms with E-state index in [9.17, 15) is 4.79 Å². The van der Waals surface area contributed by atoms with Crippen molar-refractivity contribution in [2.24, 2.45) is 0 Å². The summed E-state index contributed by atoms with van der Waals surface area (Å²) in [5, 5.41) is 6.92. The normalized spacial score (nSPS) is 10.7. The standard InChI is InChI=1S/C22H25N3O4/c1-3-28-19-10-8-16(9-11-19)22-24-21(29-25-22)13-12-20(26)23-14-17-6-4-5-7-18(17)15-27-2/h4-11H,3,12-15H2,1-2H3,(H,23,26). The van der Waals surface area contributed by atoms with E-state index in [-0.39, 0.29) is 12.3 Å². The van der Waals surface area contributed by atoms with E-state index in [1.54, 1.807) is 7.11 Å². The van der Waals surface area contributed by atoms with E-state index >= 15 is 0 Å². The Morgan fingerprint density at radius 1 is 1.10 bits per heavy atom. The zero-order valence-corrected chi connectivity index (χ0v) is 16.7. The van der Waals surface area contributed by atoms with Gasteiger partial charge in [0.25, 0.3) is 0 Å². The molecule has 7 heteroatoms. The van der Waals surface area contributed by atoms with Gasteiger partial charge in [0.15, 0.2) is 0 Å². The Hall–Kier alpha value is -3.19. The van der Waals surface area contributed by atoms with E-state index in [0.717, 1.165) is 22.4 Å². The summed E-state index contributed by atoms with van der Waals surface area (Å²) in [6.07, 6.45) is 0.660. The number of amides is 1. The molecule has 1 amide bonds. The van der Waals surface area contributed by atoms with Crippen LogP contribution in [0.5, 0.6) is 5.75 Å². The van der Waals surface area contributed by atoms with Crippen molar-refractivity contribution >= 4 is 5.91 Å². The molecule has 152 valence electrons. The van der Waals surface area contributed by atoms with Gasteiger partial charge in [-0.1, -0.05) is 29.4 Å². The Kier molecular flexibility index (Phi) is 7.35. The van der Waals surface area contributed by atoms with Crippen LogP contribution in [0.1, 0.15) is 30.4 Å². The van der Waals surface area contributed by atoms with Gasteiger partial charge in [-0.25, -0.2) is 0 Å². The molecule has 0 atom stereocenters. The van der Waals surface area contributed by atoms with Gasteiger partial charge in [-0.2, -0.15) is 4.98 Å². The average molecular weight is 395 g/mol. The number of carbonyl (C=O) groups excluding carboxylic acids is 1. The van der Waals surface area contributed by atoms with Crippen LogP contribution in [0, 0.1) is 0 Å². The first kappa shape index (κ1) is 20.5. The Labute approximate surface area is 170 Å². The van der Waals surface area contributed by atoms with Crippen molar-refractivity contribution in [3.8, 4) is 17.1 Å². The fourth-order valence-corrected chi connectivity index (χ4v) is 2.87. The summed E-state index contributed by atoms with van der Waals surface area (Å²) in [6.45, 7) is 3.53. The molecule has 0 fully saturated rings. The lowest BCUT2D eigenvalue weighted by molar-refractivity contribution is -0.121. The third-order valence-corrected chi connectivity index (χ3v) is 4.35. The van der Waals surface area contributed by atoms with Crippen molar-refractivity contribution in [3.05, 3.63) is 65.5 Å². The topological polar surface area (TPSA) is 86.5 Å². The zero-order chi connectivity index (χ0) is 20.5. The van der Waals surface area contributed by atoms with Crippen LogP contribution in [-0.2, 0) is 29.1 Å². The van der Waals surface area contributed by atoms with E-state index in [4.69, 9.17) is 14.0 Å². The number of hydrogen-bond donors (Lipinski definition) is 1. The van der Waals surface area contributed by atoms with Gasteiger partial charge in [-0.05, 0) is 42.3 Å². The quantitative estimate of drug-likeness (QED) is 0.565. The first-order valence-electron chi connectivity index (χ1n) is 9.57. The van der Waals surface area contributed by atoms with Gasteiger partial charge in [0.05, 0.1) is 13.2 Å². The van der Waals surface area contributed by atoms with Crippen molar-refractivity contribution in [2.75, 3.05) is 13.7 Å². The number of carbonyl (C=O) groups is 1. The van der Waals surface area contributed by atoms with Crippen LogP contribution in [0.4, 0.5) is 0 Å². The molecule has 1 N–H and O–H groups in total. The zero-order valence-electron chi connectivity index (χ0n) is 16.7. The molecule has 0 unspecified atom stereocenters. The minimum atomic E-state index is -0.0713. The van der Waals surface area contributed by atoms with Gasteiger partial charge in [0, 0.05) is 32.1 Å². The van der Waals surface area contributed by atoms with Crippen LogP contribution in [-0.4, -0.2) is 29.8 Å². The number of ether oxygens (including phenoxy) is 2. The molecule has 2 aromatic carbocycles. The number of methoxy groups -OCH3 is 1. The SMILES string of the molecule is CCOc1ccc(-c2noc(CCC(=O)NCc3ccccc3COC)n2)cc1. The molecule has 1 aromatic heterocycles. The third kappa shape index (κ3) is 5.89. The second kappa shape index (κ2) is 10.4. The average Bonchev–Trinajstić information content (AvgIpc) is 3.22. The minimum Gasteiger partial charge on any atom is -0.494 e. The maximum absolute atomic E-state index is 12.2. The van der Waals surface area contributed by atoms with Gasteiger partial charge < -0.3 is 19.3 Å². The summed E-state index contributed by atoms with van der Waals surface area (Å²) in [4.78, 5) is 16.6. The maximum atomic E-state index is 12.2. The first-order valence-corrected chi connectivity index (χ1v) is 9.57. The molecule has 0 aliphatic heterocycles. The molecule has 3 rings (SSSR count). The monoisotopic (exact) mass is 395 g/mol. The molecule has 0 bridgehead atoms. The Balaban J connectivity index is 1.50. The minimum absolute atomic E-state index is 0.0713. The second-order valence-electron chi connectivity index (χ2n) is 6.45. The number of nitrogens with one attached hydrogen (secondary N) is 1. The number of aromatic nitrogens is 2. The summed E-state index contributed by atoms with van der Waals surface area (Å²) in [6, 6.07) is 15.4. The predicted molar refractivity (Wildman–Crippen MR) is 108 cm³/mol. The molecule has 0 radical (unpaired) electrons.